The molecule has 0 aliphatic heterocycles. The van der Waals surface area contributed by atoms with Gasteiger partial charge in [-0.1, -0.05) is 49.7 Å². The lowest BCUT2D eigenvalue weighted by atomic mass is 10.00. The van der Waals surface area contributed by atoms with Gasteiger partial charge in [-0.15, -0.1) is 0 Å². The molecule has 2 atom stereocenters. The molecule has 280 valence electrons. The molecular formula is C33H45ClN6O9S2. The number of halogens is 1. The molecule has 0 saturated carbocycles. The van der Waals surface area contributed by atoms with Crippen LogP contribution in [0, 0.1) is 5.92 Å². The summed E-state index contributed by atoms with van der Waals surface area (Å²) in [5, 5.41) is 16.5. The third kappa shape index (κ3) is 18.2. The highest BCUT2D eigenvalue weighted by molar-refractivity contribution is 7.80. The number of anilines is 2. The minimum atomic E-state index is -0.816. The van der Waals surface area contributed by atoms with Gasteiger partial charge in [-0.2, -0.15) is 0 Å². The Morgan fingerprint density at radius 3 is 1.65 bits per heavy atom. The van der Waals surface area contributed by atoms with E-state index in [0.717, 1.165) is 0 Å². The van der Waals surface area contributed by atoms with Crippen molar-refractivity contribution in [2.75, 3.05) is 31.0 Å². The molecule has 0 aliphatic rings. The van der Waals surface area contributed by atoms with Crippen LogP contribution in [0.15, 0.2) is 48.5 Å². The summed E-state index contributed by atoms with van der Waals surface area (Å²) in [5.41, 5.74) is 1.80. The van der Waals surface area contributed by atoms with Gasteiger partial charge in [0.1, 0.15) is 6.04 Å². The molecule has 15 nitrogen and oxygen atoms in total. The predicted molar refractivity (Wildman–Crippen MR) is 202 cm³/mol. The quantitative estimate of drug-likeness (QED) is 0.0864. The maximum atomic E-state index is 12.8. The van der Waals surface area contributed by atoms with Gasteiger partial charge in [-0.25, -0.2) is 14.4 Å². The molecule has 0 aromatic heterocycles. The first-order valence-corrected chi connectivity index (χ1v) is 17.0. The maximum absolute atomic E-state index is 12.8. The van der Waals surface area contributed by atoms with Crippen LogP contribution in [0.4, 0.5) is 25.8 Å². The second-order valence-electron chi connectivity index (χ2n) is 10.9. The normalized spacial score (nSPS) is 11.3. The number of nitrogens with one attached hydrogen (secondary N) is 6. The van der Waals surface area contributed by atoms with Crippen LogP contribution in [0.1, 0.15) is 59.6 Å². The number of para-hydroxylation sites is 2. The van der Waals surface area contributed by atoms with Crippen molar-refractivity contribution in [2.24, 2.45) is 5.92 Å². The highest BCUT2D eigenvalue weighted by Gasteiger charge is 2.28. The number of amides is 4. The van der Waals surface area contributed by atoms with Crippen LogP contribution in [0.3, 0.4) is 0 Å². The van der Waals surface area contributed by atoms with E-state index in [4.69, 9.17) is 55.0 Å². The van der Waals surface area contributed by atoms with Crippen molar-refractivity contribution in [3.05, 3.63) is 59.1 Å². The summed E-state index contributed by atoms with van der Waals surface area (Å²) in [7, 11) is 1.28. The van der Waals surface area contributed by atoms with E-state index >= 15 is 0 Å². The first-order chi connectivity index (χ1) is 24.1. The van der Waals surface area contributed by atoms with Gasteiger partial charge >= 0.3 is 24.2 Å². The Labute approximate surface area is 313 Å². The smallest absolute Gasteiger partial charge is 0.413 e. The number of esters is 1. The lowest BCUT2D eigenvalue weighted by Crippen LogP contribution is -2.51. The van der Waals surface area contributed by atoms with E-state index in [9.17, 15) is 24.0 Å². The van der Waals surface area contributed by atoms with E-state index < -0.39 is 42.2 Å². The summed E-state index contributed by atoms with van der Waals surface area (Å²) < 4.78 is 19.2. The van der Waals surface area contributed by atoms with Crippen molar-refractivity contribution in [3.63, 3.8) is 0 Å². The zero-order chi connectivity index (χ0) is 38.5. The molecule has 2 unspecified atom stereocenters. The van der Waals surface area contributed by atoms with Crippen molar-refractivity contribution in [2.45, 2.75) is 66.2 Å². The van der Waals surface area contributed by atoms with Crippen molar-refractivity contribution in [1.82, 2.24) is 21.3 Å². The Morgan fingerprint density at radius 2 is 1.24 bits per heavy atom. The molecule has 0 bridgehead atoms. The second kappa shape index (κ2) is 23.6. The summed E-state index contributed by atoms with van der Waals surface area (Å²) in [6.45, 7) is 10.9. The van der Waals surface area contributed by atoms with E-state index in [0.29, 0.717) is 22.0 Å². The average Bonchev–Trinajstić information content (AvgIpc) is 3.04. The van der Waals surface area contributed by atoms with Crippen molar-refractivity contribution in [3.8, 4) is 0 Å². The Hall–Kier alpha value is -4.74. The minimum Gasteiger partial charge on any atom is -0.469 e. The summed E-state index contributed by atoms with van der Waals surface area (Å²) >= 11 is 16.0. The van der Waals surface area contributed by atoms with Crippen LogP contribution >= 0.6 is 36.0 Å². The highest BCUT2D eigenvalue weighted by Crippen LogP contribution is 2.22. The average molecular weight is 769 g/mol. The third-order valence-electron chi connectivity index (χ3n) is 6.16. The van der Waals surface area contributed by atoms with E-state index in [2.05, 4.69) is 31.9 Å². The molecule has 6 N–H and O–H groups in total. The summed E-state index contributed by atoms with van der Waals surface area (Å²) in [5.74, 6) is -1.08. The van der Waals surface area contributed by atoms with Crippen LogP contribution in [-0.4, -0.2) is 72.9 Å². The minimum absolute atomic E-state index is 0.0505. The summed E-state index contributed by atoms with van der Waals surface area (Å²) in [6, 6.07) is 12.3. The molecule has 2 aromatic carbocycles. The van der Waals surface area contributed by atoms with Gasteiger partial charge in [0.2, 0.25) is 5.91 Å². The van der Waals surface area contributed by atoms with E-state index in [1.54, 1.807) is 90.1 Å². The molecule has 0 radical (unpaired) electrons. The van der Waals surface area contributed by atoms with Crippen LogP contribution < -0.4 is 31.9 Å². The molecule has 0 aliphatic carbocycles. The Kier molecular flexibility index (Phi) is 20.5. The number of carbonyl (C=O) groups excluding carboxylic acids is 5. The number of methoxy groups -OCH3 is 1. The molecule has 0 spiro atoms. The first-order valence-electron chi connectivity index (χ1n) is 15.8. The zero-order valence-corrected chi connectivity index (χ0v) is 31.8. The van der Waals surface area contributed by atoms with Crippen molar-refractivity contribution >= 4 is 87.8 Å². The molecule has 18 heteroatoms. The molecule has 51 heavy (non-hydrogen) atoms. The molecular weight excluding hydrogens is 724 g/mol. The number of thiocarbonyl (C=S) groups is 2. The van der Waals surface area contributed by atoms with E-state index in [1.165, 1.54) is 7.11 Å². The van der Waals surface area contributed by atoms with Crippen LogP contribution in [0.25, 0.3) is 0 Å². The SMILES string of the molecule is CCOC(=O)NC(=S)Nc1ccccc1NC(=S)NC(=O)OCC.COC(=O)CC(NC(=O)C(NC(=O)OC(C)C)C(C)C)c1ccc(Cl)cc1. The molecule has 2 aromatic rings. The lowest BCUT2D eigenvalue weighted by Gasteiger charge is -2.25. The van der Waals surface area contributed by atoms with Gasteiger partial charge in [-0.05, 0) is 87.9 Å². The second-order valence-corrected chi connectivity index (χ2v) is 12.1. The Balaban J connectivity index is 0.000000514. The number of hydrogen-bond donors (Lipinski definition) is 6. The first kappa shape index (κ1) is 44.3. The highest BCUT2D eigenvalue weighted by atomic mass is 35.5. The predicted octanol–water partition coefficient (Wildman–Crippen LogP) is 5.79. The standard InChI is InChI=1S/C19H27ClN2O5.C14H18N4O4S2/c1-11(2)17(22-19(25)27-12(3)4)18(24)21-15(10-16(23)26-5)13-6-8-14(20)9-7-13;1-3-21-13(19)17-11(23)15-9-7-5-6-8-10(9)16-12(24)18-14(20)22-4-2/h6-9,11-12,15,17H,10H2,1-5H3,(H,21,24)(H,22,25);5-8H,3-4H2,1-2H3,(H2,15,17,19,23)(H2,16,18,20,24). The van der Waals surface area contributed by atoms with Crippen LogP contribution in [0.2, 0.25) is 5.02 Å². The summed E-state index contributed by atoms with van der Waals surface area (Å²) in [6.07, 6.45) is -2.33. The third-order valence-corrected chi connectivity index (χ3v) is 6.82. The van der Waals surface area contributed by atoms with E-state index in [-0.39, 0.29) is 41.9 Å². The topological polar surface area (TPSA) is 194 Å². The van der Waals surface area contributed by atoms with Crippen LogP contribution in [0.5, 0.6) is 0 Å². The van der Waals surface area contributed by atoms with Gasteiger partial charge < -0.3 is 40.2 Å². The summed E-state index contributed by atoms with van der Waals surface area (Å²) in [4.78, 5) is 59.1. The monoisotopic (exact) mass is 768 g/mol. The van der Waals surface area contributed by atoms with Crippen molar-refractivity contribution in [1.29, 1.82) is 0 Å². The largest absolute Gasteiger partial charge is 0.469 e. The van der Waals surface area contributed by atoms with E-state index in [1.807, 2.05) is 0 Å². The fraction of sp³-hybridized carbons (Fsp3) is 0.424. The lowest BCUT2D eigenvalue weighted by molar-refractivity contribution is -0.141. The molecule has 0 saturated heterocycles. The van der Waals surface area contributed by atoms with Gasteiger partial charge in [-0.3, -0.25) is 20.2 Å². The zero-order valence-electron chi connectivity index (χ0n) is 29.4. The Bertz CT molecular complexity index is 1440. The van der Waals surface area contributed by atoms with Gasteiger partial charge in [0.15, 0.2) is 10.2 Å². The van der Waals surface area contributed by atoms with Gasteiger partial charge in [0.25, 0.3) is 0 Å². The Morgan fingerprint density at radius 1 is 0.745 bits per heavy atom. The van der Waals surface area contributed by atoms with Crippen molar-refractivity contribution < 1.29 is 42.9 Å². The number of benzene rings is 2. The molecule has 0 heterocycles. The van der Waals surface area contributed by atoms with Gasteiger partial charge in [0.05, 0.1) is 50.3 Å². The molecule has 0 fully saturated rings. The number of ether oxygens (including phenoxy) is 4. The fourth-order valence-corrected chi connectivity index (χ4v) is 4.41. The fourth-order valence-electron chi connectivity index (χ4n) is 3.90. The molecule has 4 amide bonds. The number of hydrogen-bond acceptors (Lipinski definition) is 11. The number of alkyl carbamates (subject to hydrolysis) is 3. The van der Waals surface area contributed by atoms with Gasteiger partial charge in [0, 0.05) is 5.02 Å². The molecule has 2 rings (SSSR count). The number of carbonyl (C=O) groups is 5. The number of rotatable bonds is 12. The maximum Gasteiger partial charge on any atom is 0.413 e. The van der Waals surface area contributed by atoms with Crippen LogP contribution in [-0.2, 0) is 28.5 Å².